The Kier molecular flexibility index (Phi) is 1.47. The van der Waals surface area contributed by atoms with Gasteiger partial charge in [-0.1, -0.05) is 24.3 Å². The Morgan fingerprint density at radius 2 is 2.36 bits per heavy atom. The molecular formula is C9H9NO. The minimum atomic E-state index is 0.163. The van der Waals surface area contributed by atoms with E-state index in [4.69, 9.17) is 0 Å². The Morgan fingerprint density at radius 1 is 1.45 bits per heavy atom. The third kappa shape index (κ3) is 1.17. The van der Waals surface area contributed by atoms with E-state index in [1.807, 2.05) is 18.2 Å². The first-order valence-electron chi connectivity index (χ1n) is 3.69. The van der Waals surface area contributed by atoms with Gasteiger partial charge in [0.15, 0.2) is 5.78 Å². The van der Waals surface area contributed by atoms with E-state index in [0.717, 1.165) is 5.57 Å². The summed E-state index contributed by atoms with van der Waals surface area (Å²) in [6.45, 7) is 0.465. The van der Waals surface area contributed by atoms with Gasteiger partial charge in [-0.25, -0.2) is 0 Å². The normalized spacial score (nSPS) is 28.2. The minimum Gasteiger partial charge on any atom is -0.299 e. The van der Waals surface area contributed by atoms with Crippen molar-refractivity contribution in [1.82, 2.24) is 5.32 Å². The summed E-state index contributed by atoms with van der Waals surface area (Å²) in [7, 11) is 0. The topological polar surface area (TPSA) is 29.1 Å². The highest BCUT2D eigenvalue weighted by Gasteiger charge is 2.17. The number of carbonyl (C=O) groups excluding carboxylic acids is 1. The van der Waals surface area contributed by atoms with Gasteiger partial charge in [-0.05, 0) is 11.6 Å². The lowest BCUT2D eigenvalue weighted by Gasteiger charge is -2.21. The van der Waals surface area contributed by atoms with Crippen LogP contribution >= 0.6 is 0 Å². The summed E-state index contributed by atoms with van der Waals surface area (Å²) in [5.74, 6) is 0.163. The van der Waals surface area contributed by atoms with E-state index < -0.39 is 0 Å². The molecule has 11 heavy (non-hydrogen) atoms. The first kappa shape index (κ1) is 6.55. The second-order valence-electron chi connectivity index (χ2n) is 2.71. The minimum absolute atomic E-state index is 0.163. The number of fused-ring (bicyclic) bond motifs is 1. The zero-order valence-electron chi connectivity index (χ0n) is 6.08. The summed E-state index contributed by atoms with van der Waals surface area (Å²) in [5, 5.41) is 3.11. The molecule has 56 valence electrons. The molecule has 0 aromatic heterocycles. The molecule has 0 aromatic carbocycles. The summed E-state index contributed by atoms with van der Waals surface area (Å²) in [6.07, 6.45) is 9.67. The van der Waals surface area contributed by atoms with E-state index in [-0.39, 0.29) is 11.8 Å². The number of allylic oxidation sites excluding steroid dienone is 2. The summed E-state index contributed by atoms with van der Waals surface area (Å²) >= 11 is 0. The van der Waals surface area contributed by atoms with Gasteiger partial charge in [-0.15, -0.1) is 0 Å². The standard InChI is InChI=1S/C9H9NO/c11-8-5-7-3-1-2-4-9(7)10-6-8/h1-5,9-10H,6H2. The van der Waals surface area contributed by atoms with Crippen molar-refractivity contribution in [3.8, 4) is 0 Å². The van der Waals surface area contributed by atoms with Gasteiger partial charge in [0.05, 0.1) is 12.6 Å². The molecule has 2 rings (SSSR count). The molecule has 0 saturated heterocycles. The highest BCUT2D eigenvalue weighted by Crippen LogP contribution is 2.13. The van der Waals surface area contributed by atoms with E-state index in [2.05, 4.69) is 11.4 Å². The zero-order chi connectivity index (χ0) is 7.68. The largest absolute Gasteiger partial charge is 0.299 e. The van der Waals surface area contributed by atoms with Crippen molar-refractivity contribution in [2.24, 2.45) is 0 Å². The molecule has 0 aromatic rings. The molecular weight excluding hydrogens is 138 g/mol. The van der Waals surface area contributed by atoms with Gasteiger partial charge in [-0.2, -0.15) is 0 Å². The third-order valence-corrected chi connectivity index (χ3v) is 1.89. The molecule has 1 aliphatic carbocycles. The van der Waals surface area contributed by atoms with Gasteiger partial charge in [-0.3, -0.25) is 10.1 Å². The number of hydrogen-bond acceptors (Lipinski definition) is 2. The molecule has 1 unspecified atom stereocenters. The van der Waals surface area contributed by atoms with Crippen molar-refractivity contribution in [3.05, 3.63) is 36.0 Å². The van der Waals surface area contributed by atoms with E-state index in [0.29, 0.717) is 6.54 Å². The van der Waals surface area contributed by atoms with Gasteiger partial charge < -0.3 is 0 Å². The Morgan fingerprint density at radius 3 is 3.27 bits per heavy atom. The molecule has 0 spiro atoms. The summed E-state index contributed by atoms with van der Waals surface area (Å²) in [5.41, 5.74) is 1.07. The molecule has 0 saturated carbocycles. The molecule has 0 bridgehead atoms. The number of rotatable bonds is 0. The van der Waals surface area contributed by atoms with Crippen LogP contribution in [0.5, 0.6) is 0 Å². The predicted octanol–water partition coefficient (Wildman–Crippen LogP) is 0.580. The van der Waals surface area contributed by atoms with Gasteiger partial charge in [0.25, 0.3) is 0 Å². The number of ketones is 1. The second kappa shape index (κ2) is 2.47. The molecule has 1 N–H and O–H groups in total. The van der Waals surface area contributed by atoms with Crippen LogP contribution in [-0.4, -0.2) is 18.4 Å². The number of hydrogen-bond donors (Lipinski definition) is 1. The van der Waals surface area contributed by atoms with Gasteiger partial charge in [0.2, 0.25) is 0 Å². The maximum absolute atomic E-state index is 10.9. The lowest BCUT2D eigenvalue weighted by molar-refractivity contribution is -0.114. The Balaban J connectivity index is 2.33. The zero-order valence-corrected chi connectivity index (χ0v) is 6.08. The summed E-state index contributed by atoms with van der Waals surface area (Å²) in [6, 6.07) is 0.262. The lowest BCUT2D eigenvalue weighted by Crippen LogP contribution is -2.37. The molecule has 0 fully saturated rings. The molecule has 0 radical (unpaired) electrons. The Labute approximate surface area is 65.3 Å². The molecule has 1 aliphatic heterocycles. The number of nitrogens with one attached hydrogen (secondary N) is 1. The predicted molar refractivity (Wildman–Crippen MR) is 43.2 cm³/mol. The van der Waals surface area contributed by atoms with Gasteiger partial charge >= 0.3 is 0 Å². The highest BCUT2D eigenvalue weighted by molar-refractivity contribution is 5.94. The summed E-state index contributed by atoms with van der Waals surface area (Å²) < 4.78 is 0. The summed E-state index contributed by atoms with van der Waals surface area (Å²) in [4.78, 5) is 10.9. The van der Waals surface area contributed by atoms with Crippen molar-refractivity contribution in [1.29, 1.82) is 0 Å². The van der Waals surface area contributed by atoms with Crippen LogP contribution in [0.1, 0.15) is 0 Å². The number of carbonyl (C=O) groups is 1. The van der Waals surface area contributed by atoms with Crippen LogP contribution in [0.4, 0.5) is 0 Å². The van der Waals surface area contributed by atoms with Gasteiger partial charge in [0, 0.05) is 0 Å². The molecule has 2 heteroatoms. The van der Waals surface area contributed by atoms with Crippen LogP contribution in [0, 0.1) is 0 Å². The fourth-order valence-electron chi connectivity index (χ4n) is 1.33. The smallest absolute Gasteiger partial charge is 0.169 e. The molecule has 0 amide bonds. The van der Waals surface area contributed by atoms with Crippen LogP contribution in [0.2, 0.25) is 0 Å². The maximum Gasteiger partial charge on any atom is 0.169 e. The highest BCUT2D eigenvalue weighted by atomic mass is 16.1. The fraction of sp³-hybridized carbons (Fsp3) is 0.222. The Hall–Kier alpha value is -1.15. The molecule has 1 heterocycles. The van der Waals surface area contributed by atoms with E-state index in [9.17, 15) is 4.79 Å². The average molecular weight is 147 g/mol. The van der Waals surface area contributed by atoms with Crippen molar-refractivity contribution in [2.75, 3.05) is 6.54 Å². The van der Waals surface area contributed by atoms with Crippen molar-refractivity contribution < 1.29 is 4.79 Å². The van der Waals surface area contributed by atoms with Crippen LogP contribution in [0.25, 0.3) is 0 Å². The monoisotopic (exact) mass is 147 g/mol. The first-order valence-corrected chi connectivity index (χ1v) is 3.69. The van der Waals surface area contributed by atoms with Crippen molar-refractivity contribution in [2.45, 2.75) is 6.04 Å². The van der Waals surface area contributed by atoms with E-state index in [1.54, 1.807) is 6.08 Å². The van der Waals surface area contributed by atoms with Crippen LogP contribution < -0.4 is 5.32 Å². The molecule has 2 nitrogen and oxygen atoms in total. The van der Waals surface area contributed by atoms with Crippen molar-refractivity contribution in [3.63, 3.8) is 0 Å². The third-order valence-electron chi connectivity index (χ3n) is 1.89. The Bertz CT molecular complexity index is 273. The first-order chi connectivity index (χ1) is 5.36. The fourth-order valence-corrected chi connectivity index (χ4v) is 1.33. The van der Waals surface area contributed by atoms with E-state index in [1.165, 1.54) is 0 Å². The van der Waals surface area contributed by atoms with E-state index >= 15 is 0 Å². The van der Waals surface area contributed by atoms with Crippen LogP contribution in [0.3, 0.4) is 0 Å². The second-order valence-corrected chi connectivity index (χ2v) is 2.71. The maximum atomic E-state index is 10.9. The van der Waals surface area contributed by atoms with Crippen LogP contribution in [0.15, 0.2) is 36.0 Å². The molecule has 2 aliphatic rings. The van der Waals surface area contributed by atoms with Gasteiger partial charge in [0.1, 0.15) is 0 Å². The van der Waals surface area contributed by atoms with Crippen LogP contribution in [-0.2, 0) is 4.79 Å². The quantitative estimate of drug-likeness (QED) is 0.543. The molecule has 1 atom stereocenters. The lowest BCUT2D eigenvalue weighted by atomic mass is 9.97. The SMILES string of the molecule is O=C1C=C2C=CC=CC2NC1. The average Bonchev–Trinajstić information content (AvgIpc) is 2.04. The van der Waals surface area contributed by atoms with Crippen molar-refractivity contribution >= 4 is 5.78 Å².